The van der Waals surface area contributed by atoms with Gasteiger partial charge in [0.15, 0.2) is 0 Å². The molecule has 0 aliphatic carbocycles. The molecule has 0 aromatic heterocycles. The number of anilines is 1. The van der Waals surface area contributed by atoms with Crippen molar-refractivity contribution in [1.82, 2.24) is 10.2 Å². The van der Waals surface area contributed by atoms with E-state index in [0.29, 0.717) is 13.1 Å². The Kier molecular flexibility index (Phi) is 5.32. The van der Waals surface area contributed by atoms with Crippen LogP contribution in [0.5, 0.6) is 0 Å². The molecular formula is C15H20FN3O3. The Hall–Kier alpha value is -2.15. The van der Waals surface area contributed by atoms with Crippen molar-refractivity contribution >= 4 is 17.6 Å². The zero-order chi connectivity index (χ0) is 16.1. The molecule has 1 fully saturated rings. The third kappa shape index (κ3) is 4.17. The van der Waals surface area contributed by atoms with E-state index in [9.17, 15) is 14.0 Å². The van der Waals surface area contributed by atoms with Crippen molar-refractivity contribution in [2.75, 3.05) is 37.6 Å². The summed E-state index contributed by atoms with van der Waals surface area (Å²) in [4.78, 5) is 26.5. The van der Waals surface area contributed by atoms with Crippen molar-refractivity contribution < 1.29 is 19.1 Å². The van der Waals surface area contributed by atoms with Crippen molar-refractivity contribution in [2.45, 2.75) is 13.0 Å². The molecule has 1 atom stereocenters. The molecular weight excluding hydrogens is 289 g/mol. The predicted molar refractivity (Wildman–Crippen MR) is 80.3 cm³/mol. The highest BCUT2D eigenvalue weighted by Gasteiger charge is 2.25. The number of aliphatic carboxylic acids is 1. The van der Waals surface area contributed by atoms with E-state index in [1.165, 1.54) is 12.1 Å². The Morgan fingerprint density at radius 3 is 2.36 bits per heavy atom. The first kappa shape index (κ1) is 16.2. The topological polar surface area (TPSA) is 72.9 Å². The van der Waals surface area contributed by atoms with E-state index >= 15 is 0 Å². The molecule has 1 saturated heterocycles. The first-order chi connectivity index (χ1) is 10.5. The van der Waals surface area contributed by atoms with Crippen molar-refractivity contribution in [3.05, 3.63) is 30.1 Å². The summed E-state index contributed by atoms with van der Waals surface area (Å²) in [5, 5.41) is 11.0. The highest BCUT2D eigenvalue weighted by Crippen LogP contribution is 2.17. The fraction of sp³-hybridized carbons (Fsp3) is 0.467. The minimum absolute atomic E-state index is 0.258. The zero-order valence-corrected chi connectivity index (χ0v) is 12.5. The number of hydrogen-bond acceptors (Lipinski definition) is 4. The van der Waals surface area contributed by atoms with E-state index in [2.05, 4.69) is 10.2 Å². The van der Waals surface area contributed by atoms with Gasteiger partial charge in [-0.1, -0.05) is 0 Å². The number of rotatable bonds is 5. The standard InChI is InChI=1S/C15H20FN3O3/c1-11(15(22)17-10-14(20)21)18-6-8-19(9-7-18)13-4-2-12(16)3-5-13/h2-5,11H,6-10H2,1H3,(H,17,22)(H,20,21). The second kappa shape index (κ2) is 7.22. The summed E-state index contributed by atoms with van der Waals surface area (Å²) in [6.45, 7) is 4.27. The third-order valence-electron chi connectivity index (χ3n) is 3.85. The smallest absolute Gasteiger partial charge is 0.322 e. The summed E-state index contributed by atoms with van der Waals surface area (Å²) in [6.07, 6.45) is 0. The minimum atomic E-state index is -1.05. The van der Waals surface area contributed by atoms with Gasteiger partial charge in [-0.2, -0.15) is 0 Å². The van der Waals surface area contributed by atoms with Gasteiger partial charge in [0.05, 0.1) is 6.04 Å². The van der Waals surface area contributed by atoms with Gasteiger partial charge in [-0.3, -0.25) is 14.5 Å². The number of amides is 1. The second-order valence-corrected chi connectivity index (χ2v) is 5.29. The second-order valence-electron chi connectivity index (χ2n) is 5.29. The van der Waals surface area contributed by atoms with E-state index < -0.39 is 5.97 Å². The van der Waals surface area contributed by atoms with Crippen LogP contribution in [-0.4, -0.2) is 60.6 Å². The molecule has 120 valence electrons. The Labute approximate surface area is 128 Å². The Bertz CT molecular complexity index is 527. The van der Waals surface area contributed by atoms with Crippen LogP contribution in [0.25, 0.3) is 0 Å². The number of hydrogen-bond donors (Lipinski definition) is 2. The van der Waals surface area contributed by atoms with Gasteiger partial charge in [-0.25, -0.2) is 4.39 Å². The lowest BCUT2D eigenvalue weighted by Gasteiger charge is -2.38. The van der Waals surface area contributed by atoms with E-state index in [1.54, 1.807) is 19.1 Å². The minimum Gasteiger partial charge on any atom is -0.480 e. The molecule has 1 aliphatic heterocycles. The van der Waals surface area contributed by atoms with Gasteiger partial charge in [0.2, 0.25) is 5.91 Å². The quantitative estimate of drug-likeness (QED) is 0.830. The number of carboxylic acids is 1. The lowest BCUT2D eigenvalue weighted by molar-refractivity contribution is -0.138. The van der Waals surface area contributed by atoms with Gasteiger partial charge < -0.3 is 15.3 Å². The summed E-state index contributed by atoms with van der Waals surface area (Å²) in [7, 11) is 0. The number of piperazine rings is 1. The molecule has 1 aromatic carbocycles. The average Bonchev–Trinajstić information content (AvgIpc) is 2.53. The number of carboxylic acid groups (broad SMARTS) is 1. The summed E-state index contributed by atoms with van der Waals surface area (Å²) in [5.41, 5.74) is 0.962. The Balaban J connectivity index is 1.84. The molecule has 0 bridgehead atoms. The molecule has 2 rings (SSSR count). The van der Waals surface area contributed by atoms with Crippen LogP contribution in [-0.2, 0) is 9.59 Å². The van der Waals surface area contributed by atoms with Gasteiger partial charge in [0.1, 0.15) is 12.4 Å². The highest BCUT2D eigenvalue weighted by atomic mass is 19.1. The molecule has 2 N–H and O–H groups in total. The maximum atomic E-state index is 12.9. The number of halogens is 1. The van der Waals surface area contributed by atoms with Crippen LogP contribution in [0.2, 0.25) is 0 Å². The summed E-state index contributed by atoms with van der Waals surface area (Å²) in [6, 6.07) is 5.99. The molecule has 1 heterocycles. The normalized spacial score (nSPS) is 17.1. The number of carbonyl (C=O) groups is 2. The molecule has 0 spiro atoms. The van der Waals surface area contributed by atoms with E-state index in [1.807, 2.05) is 4.90 Å². The first-order valence-electron chi connectivity index (χ1n) is 7.21. The lowest BCUT2D eigenvalue weighted by Crippen LogP contribution is -2.54. The van der Waals surface area contributed by atoms with Crippen LogP contribution in [0.4, 0.5) is 10.1 Å². The summed E-state index contributed by atoms with van der Waals surface area (Å²) in [5.74, 6) is -1.59. The molecule has 1 unspecified atom stereocenters. The van der Waals surface area contributed by atoms with E-state index in [4.69, 9.17) is 5.11 Å². The first-order valence-corrected chi connectivity index (χ1v) is 7.21. The number of nitrogens with one attached hydrogen (secondary N) is 1. The molecule has 1 aliphatic rings. The number of nitrogens with zero attached hydrogens (tertiary/aromatic N) is 2. The summed E-state index contributed by atoms with van der Waals surface area (Å²) >= 11 is 0. The van der Waals surface area contributed by atoms with Gasteiger partial charge in [-0.15, -0.1) is 0 Å². The summed E-state index contributed by atoms with van der Waals surface area (Å²) < 4.78 is 12.9. The maximum absolute atomic E-state index is 12.9. The molecule has 1 aromatic rings. The van der Waals surface area contributed by atoms with Crippen LogP contribution in [0.3, 0.4) is 0 Å². The van der Waals surface area contributed by atoms with E-state index in [0.717, 1.165) is 18.8 Å². The lowest BCUT2D eigenvalue weighted by atomic mass is 10.2. The van der Waals surface area contributed by atoms with Crippen molar-refractivity contribution in [3.63, 3.8) is 0 Å². The SMILES string of the molecule is CC(C(=O)NCC(=O)O)N1CCN(c2ccc(F)cc2)CC1. The molecule has 0 radical (unpaired) electrons. The third-order valence-corrected chi connectivity index (χ3v) is 3.85. The van der Waals surface area contributed by atoms with Crippen molar-refractivity contribution in [2.24, 2.45) is 0 Å². The van der Waals surface area contributed by atoms with E-state index in [-0.39, 0.29) is 24.3 Å². The Morgan fingerprint density at radius 1 is 1.23 bits per heavy atom. The van der Waals surface area contributed by atoms with Crippen LogP contribution < -0.4 is 10.2 Å². The number of carbonyl (C=O) groups excluding carboxylic acids is 1. The molecule has 0 saturated carbocycles. The van der Waals surface area contributed by atoms with Crippen LogP contribution in [0, 0.1) is 5.82 Å². The molecule has 1 amide bonds. The largest absolute Gasteiger partial charge is 0.480 e. The van der Waals surface area contributed by atoms with Crippen LogP contribution >= 0.6 is 0 Å². The average molecular weight is 309 g/mol. The monoisotopic (exact) mass is 309 g/mol. The van der Waals surface area contributed by atoms with Crippen molar-refractivity contribution in [3.8, 4) is 0 Å². The van der Waals surface area contributed by atoms with Crippen molar-refractivity contribution in [1.29, 1.82) is 0 Å². The van der Waals surface area contributed by atoms with Gasteiger partial charge in [0.25, 0.3) is 0 Å². The highest BCUT2D eigenvalue weighted by molar-refractivity contribution is 5.84. The molecule has 7 heteroatoms. The zero-order valence-electron chi connectivity index (χ0n) is 12.5. The maximum Gasteiger partial charge on any atom is 0.322 e. The number of benzene rings is 1. The fourth-order valence-electron chi connectivity index (χ4n) is 2.50. The molecule has 22 heavy (non-hydrogen) atoms. The Morgan fingerprint density at radius 2 is 1.82 bits per heavy atom. The van der Waals surface area contributed by atoms with Gasteiger partial charge in [-0.05, 0) is 31.2 Å². The predicted octanol–water partition coefficient (Wildman–Crippen LogP) is 0.537. The van der Waals surface area contributed by atoms with Crippen LogP contribution in [0.15, 0.2) is 24.3 Å². The van der Waals surface area contributed by atoms with Gasteiger partial charge in [0, 0.05) is 31.9 Å². The molecule has 6 nitrogen and oxygen atoms in total. The van der Waals surface area contributed by atoms with Crippen LogP contribution in [0.1, 0.15) is 6.92 Å². The van der Waals surface area contributed by atoms with Gasteiger partial charge >= 0.3 is 5.97 Å². The fourth-order valence-corrected chi connectivity index (χ4v) is 2.50.